The number of hydrogen-bond donors (Lipinski definition) is 1. The predicted octanol–water partition coefficient (Wildman–Crippen LogP) is 5.72. The number of aromatic nitrogens is 1. The van der Waals surface area contributed by atoms with E-state index in [2.05, 4.69) is 73.4 Å². The third kappa shape index (κ3) is 2.68. The van der Waals surface area contributed by atoms with E-state index in [0.717, 1.165) is 22.7 Å². The molecule has 0 atom stereocenters. The van der Waals surface area contributed by atoms with Crippen LogP contribution in [0.25, 0.3) is 22.9 Å². The molecule has 0 unspecified atom stereocenters. The number of hydrogen-bond acceptors (Lipinski definition) is 1. The second-order valence-corrected chi connectivity index (χ2v) is 6.15. The summed E-state index contributed by atoms with van der Waals surface area (Å²) >= 11 is 0. The smallest absolute Gasteiger partial charge is 0.127 e. The van der Waals surface area contributed by atoms with E-state index >= 15 is 0 Å². The summed E-state index contributed by atoms with van der Waals surface area (Å²) in [5.41, 5.74) is 8.31. The van der Waals surface area contributed by atoms with Crippen LogP contribution in [-0.2, 0) is 0 Å². The lowest BCUT2D eigenvalue weighted by Gasteiger charge is -2.17. The van der Waals surface area contributed by atoms with Gasteiger partial charge in [0.25, 0.3) is 0 Å². The second kappa shape index (κ2) is 5.47. The van der Waals surface area contributed by atoms with Crippen LogP contribution in [0.3, 0.4) is 0 Å². The molecule has 1 aromatic heterocycles. The van der Waals surface area contributed by atoms with Gasteiger partial charge in [-0.3, -0.25) is 0 Å². The van der Waals surface area contributed by atoms with Gasteiger partial charge in [0, 0.05) is 25.4 Å². The molecule has 1 aliphatic rings. The van der Waals surface area contributed by atoms with Crippen molar-refractivity contribution in [3.63, 3.8) is 0 Å². The molecule has 2 aromatic carbocycles. The van der Waals surface area contributed by atoms with E-state index < -0.39 is 0 Å². The molecular weight excluding hydrogens is 282 g/mol. The van der Waals surface area contributed by atoms with Crippen molar-refractivity contribution < 1.29 is 7.59 Å². The van der Waals surface area contributed by atoms with Gasteiger partial charge in [0.05, 0.1) is 0 Å². The van der Waals surface area contributed by atoms with Gasteiger partial charge in [-0.05, 0) is 49.8 Å². The van der Waals surface area contributed by atoms with Crippen LogP contribution < -0.4 is 4.74 Å². The molecule has 2 nitrogen and oxygen atoms in total. The Bertz CT molecular complexity index is 895. The molecule has 0 saturated carbocycles. The Kier molecular flexibility index (Phi) is 3.30. The van der Waals surface area contributed by atoms with Crippen LogP contribution in [0.2, 0.25) is 0 Å². The summed E-state index contributed by atoms with van der Waals surface area (Å²) in [4.78, 5) is 3.52. The third-order valence-electron chi connectivity index (χ3n) is 4.27. The highest BCUT2D eigenvalue weighted by molar-refractivity contribution is 5.85. The maximum Gasteiger partial charge on any atom is 0.127 e. The first-order valence-electron chi connectivity index (χ1n) is 7.89. The monoisotopic (exact) mass is 305 g/mol. The summed E-state index contributed by atoms with van der Waals surface area (Å²) in [6.07, 6.45) is 2.22. The highest BCUT2D eigenvalue weighted by Gasteiger charge is 2.14. The number of aromatic amines is 1. The van der Waals surface area contributed by atoms with Crippen LogP contribution >= 0.6 is 0 Å². The van der Waals surface area contributed by atoms with E-state index in [-0.39, 0.29) is 2.85 Å². The van der Waals surface area contributed by atoms with Crippen molar-refractivity contribution in [2.24, 2.45) is 0 Å². The van der Waals surface area contributed by atoms with Gasteiger partial charge >= 0.3 is 0 Å². The first-order valence-corrected chi connectivity index (χ1v) is 7.89. The molecule has 0 fully saturated rings. The lowest BCUT2D eigenvalue weighted by atomic mass is 10.0. The summed E-state index contributed by atoms with van der Waals surface area (Å²) in [5.74, 6) is 0.963. The number of H-pyrrole nitrogens is 1. The minimum atomic E-state index is 0. The Morgan fingerprint density at radius 3 is 2.43 bits per heavy atom. The number of nitrogens with one attached hydrogen (secondary N) is 1. The zero-order chi connectivity index (χ0) is 15.8. The number of fused-ring (bicyclic) bond motifs is 1. The number of ether oxygens (including phenoxy) is 1. The molecular formula is C21H23NO. The van der Waals surface area contributed by atoms with Crippen molar-refractivity contribution in [1.29, 1.82) is 0 Å². The van der Waals surface area contributed by atoms with E-state index in [1.54, 1.807) is 0 Å². The zero-order valence-electron chi connectivity index (χ0n) is 13.4. The molecule has 0 amide bonds. The molecule has 0 saturated heterocycles. The summed E-state index contributed by atoms with van der Waals surface area (Å²) in [6.45, 7) is 4.81. The first-order chi connectivity index (χ1) is 11.2. The van der Waals surface area contributed by atoms with Crippen LogP contribution in [0.15, 0.2) is 54.6 Å². The van der Waals surface area contributed by atoms with Crippen molar-refractivity contribution in [3.8, 4) is 17.0 Å². The fourth-order valence-corrected chi connectivity index (χ4v) is 2.94. The fraction of sp³-hybridized carbons (Fsp3) is 0.143. The number of rotatable bonds is 2. The molecule has 0 aliphatic carbocycles. The average molecular weight is 305 g/mol. The standard InChI is InChI=1S/C21H19NO.2H2/c1-14-3-6-16(7-4-14)19-8-9-20(22-19)18-12-17-11-15(2)5-10-21(17)23-13-18;;/h3-12,22H,13H2,1-2H3;2*1H. The van der Waals surface area contributed by atoms with Gasteiger partial charge in [-0.2, -0.15) is 0 Å². The van der Waals surface area contributed by atoms with Crippen LogP contribution in [-0.4, -0.2) is 11.6 Å². The van der Waals surface area contributed by atoms with Gasteiger partial charge in [0.1, 0.15) is 12.4 Å². The van der Waals surface area contributed by atoms with Gasteiger partial charge < -0.3 is 9.72 Å². The molecule has 23 heavy (non-hydrogen) atoms. The average Bonchev–Trinajstić information content (AvgIpc) is 3.05. The first kappa shape index (κ1) is 13.9. The Labute approximate surface area is 139 Å². The topological polar surface area (TPSA) is 25.0 Å². The van der Waals surface area contributed by atoms with E-state index in [0.29, 0.717) is 6.61 Å². The molecule has 0 radical (unpaired) electrons. The summed E-state index contributed by atoms with van der Waals surface area (Å²) in [5, 5.41) is 0. The van der Waals surface area contributed by atoms with Crippen LogP contribution in [0.5, 0.6) is 5.75 Å². The van der Waals surface area contributed by atoms with Crippen LogP contribution in [0, 0.1) is 13.8 Å². The number of aryl methyl sites for hydroxylation is 2. The molecule has 0 bridgehead atoms. The highest BCUT2D eigenvalue weighted by Crippen LogP contribution is 2.31. The van der Waals surface area contributed by atoms with E-state index in [1.165, 1.54) is 22.3 Å². The molecule has 1 N–H and O–H groups in total. The molecule has 3 aromatic rings. The SMILES string of the molecule is Cc1ccc(-c2ccc(C3=Cc4cc(C)ccc4OC3)[nH]2)cc1.[HH].[HH]. The molecule has 4 rings (SSSR count). The van der Waals surface area contributed by atoms with Gasteiger partial charge in [-0.1, -0.05) is 41.5 Å². The maximum atomic E-state index is 5.89. The minimum absolute atomic E-state index is 0. The van der Waals surface area contributed by atoms with Crippen molar-refractivity contribution in [2.45, 2.75) is 13.8 Å². The molecule has 2 heterocycles. The van der Waals surface area contributed by atoms with Crippen LogP contribution in [0.1, 0.15) is 25.2 Å². The Morgan fingerprint density at radius 1 is 0.870 bits per heavy atom. The molecule has 2 heteroatoms. The lowest BCUT2D eigenvalue weighted by Crippen LogP contribution is -2.07. The van der Waals surface area contributed by atoms with E-state index in [1.807, 2.05) is 6.07 Å². The molecule has 118 valence electrons. The molecule has 0 spiro atoms. The second-order valence-electron chi connectivity index (χ2n) is 6.15. The largest absolute Gasteiger partial charge is 0.488 e. The predicted molar refractivity (Wildman–Crippen MR) is 99.7 cm³/mol. The molecule has 1 aliphatic heterocycles. The summed E-state index contributed by atoms with van der Waals surface area (Å²) in [7, 11) is 0. The van der Waals surface area contributed by atoms with Crippen molar-refractivity contribution in [2.75, 3.05) is 6.61 Å². The van der Waals surface area contributed by atoms with Gasteiger partial charge in [0.2, 0.25) is 0 Å². The van der Waals surface area contributed by atoms with Crippen molar-refractivity contribution in [1.82, 2.24) is 4.98 Å². The van der Waals surface area contributed by atoms with Crippen LogP contribution in [0.4, 0.5) is 0 Å². The van der Waals surface area contributed by atoms with E-state index in [4.69, 9.17) is 4.74 Å². The maximum absolute atomic E-state index is 5.89. The third-order valence-corrected chi connectivity index (χ3v) is 4.27. The Morgan fingerprint density at radius 2 is 1.61 bits per heavy atom. The van der Waals surface area contributed by atoms with Gasteiger partial charge in [-0.25, -0.2) is 0 Å². The summed E-state index contributed by atoms with van der Waals surface area (Å²) < 4.78 is 5.89. The van der Waals surface area contributed by atoms with Gasteiger partial charge in [0.15, 0.2) is 0 Å². The summed E-state index contributed by atoms with van der Waals surface area (Å²) in [6, 6.07) is 19.1. The Balaban J connectivity index is 0.00000113. The van der Waals surface area contributed by atoms with Crippen molar-refractivity contribution >= 4 is 11.6 Å². The van der Waals surface area contributed by atoms with Crippen molar-refractivity contribution in [3.05, 3.63) is 77.0 Å². The van der Waals surface area contributed by atoms with Gasteiger partial charge in [-0.15, -0.1) is 0 Å². The zero-order valence-corrected chi connectivity index (χ0v) is 13.4. The highest BCUT2D eigenvalue weighted by atomic mass is 16.5. The number of benzene rings is 2. The Hall–Kier alpha value is -2.74. The normalized spacial score (nSPS) is 13.2. The fourth-order valence-electron chi connectivity index (χ4n) is 2.94. The minimum Gasteiger partial charge on any atom is -0.488 e. The quantitative estimate of drug-likeness (QED) is 0.643. The lowest BCUT2D eigenvalue weighted by molar-refractivity contribution is 0.365. The van der Waals surface area contributed by atoms with E-state index in [9.17, 15) is 0 Å².